The van der Waals surface area contributed by atoms with E-state index in [0.29, 0.717) is 25.4 Å². The van der Waals surface area contributed by atoms with Gasteiger partial charge >= 0.3 is 0 Å². The lowest BCUT2D eigenvalue weighted by atomic mass is 10.1. The number of carbonyl (C=O) groups excluding carboxylic acids is 1. The average Bonchev–Trinajstić information content (AvgIpc) is 2.90. The third kappa shape index (κ3) is 4.46. The number of Topliss-reactive ketones (excluding diaryl/α,β-unsaturated/α-hetero) is 1. The summed E-state index contributed by atoms with van der Waals surface area (Å²) in [6.07, 6.45) is 2.52. The van der Waals surface area contributed by atoms with Gasteiger partial charge < -0.3 is 4.74 Å². The van der Waals surface area contributed by atoms with E-state index in [1.165, 1.54) is 11.3 Å². The minimum absolute atomic E-state index is 0.167. The van der Waals surface area contributed by atoms with E-state index < -0.39 is 0 Å². The summed E-state index contributed by atoms with van der Waals surface area (Å²) in [5.74, 6) is 1.45. The maximum atomic E-state index is 12.1. The Bertz CT molecular complexity index is 549. The second kappa shape index (κ2) is 7.20. The highest BCUT2D eigenvalue weighted by atomic mass is 32.1. The molecule has 0 fully saturated rings. The Labute approximate surface area is 123 Å². The van der Waals surface area contributed by atoms with Gasteiger partial charge in [0.1, 0.15) is 11.5 Å². The zero-order chi connectivity index (χ0) is 14.4. The van der Waals surface area contributed by atoms with Gasteiger partial charge in [-0.3, -0.25) is 4.79 Å². The molecule has 0 saturated carbocycles. The van der Waals surface area contributed by atoms with Gasteiger partial charge in [0.2, 0.25) is 0 Å². The Kier molecular flexibility index (Phi) is 5.30. The van der Waals surface area contributed by atoms with Crippen molar-refractivity contribution >= 4 is 17.1 Å². The third-order valence-corrected chi connectivity index (χ3v) is 3.54. The topological polar surface area (TPSA) is 39.2 Å². The van der Waals surface area contributed by atoms with Crippen LogP contribution in [0.15, 0.2) is 35.8 Å². The van der Waals surface area contributed by atoms with Gasteiger partial charge in [0.05, 0.1) is 18.0 Å². The number of nitrogens with zero attached hydrogens (tertiary/aromatic N) is 1. The molecular weight excluding hydrogens is 270 g/mol. The molecule has 1 aromatic carbocycles. The van der Waals surface area contributed by atoms with Crippen molar-refractivity contribution in [3.63, 3.8) is 0 Å². The first-order valence-corrected chi connectivity index (χ1v) is 7.64. The number of hydrogen-bond acceptors (Lipinski definition) is 4. The van der Waals surface area contributed by atoms with Gasteiger partial charge in [-0.2, -0.15) is 0 Å². The van der Waals surface area contributed by atoms with Gasteiger partial charge in [-0.05, 0) is 12.0 Å². The van der Waals surface area contributed by atoms with Crippen LogP contribution in [0.2, 0.25) is 0 Å². The van der Waals surface area contributed by atoms with Gasteiger partial charge in [-0.25, -0.2) is 4.98 Å². The van der Waals surface area contributed by atoms with Crippen molar-refractivity contribution in [1.82, 2.24) is 4.98 Å². The van der Waals surface area contributed by atoms with Crippen molar-refractivity contribution in [2.75, 3.05) is 6.61 Å². The predicted octanol–water partition coefficient (Wildman–Crippen LogP) is 3.53. The molecule has 1 heterocycles. The molecular formula is C16H19NO2S. The third-order valence-electron chi connectivity index (χ3n) is 2.76. The number of thiazole rings is 1. The molecule has 20 heavy (non-hydrogen) atoms. The standard InChI is InChI=1S/C16H19NO2S/c1-12(2)11-19-15-6-4-3-5-13(15)9-14(18)10-16-17-7-8-20-16/h3-8,12H,9-11H2,1-2H3. The molecule has 3 nitrogen and oxygen atoms in total. The predicted molar refractivity (Wildman–Crippen MR) is 81.3 cm³/mol. The first-order chi connectivity index (χ1) is 9.65. The van der Waals surface area contributed by atoms with Gasteiger partial charge in [-0.15, -0.1) is 11.3 Å². The molecule has 0 aliphatic rings. The lowest BCUT2D eigenvalue weighted by Gasteiger charge is -2.12. The summed E-state index contributed by atoms with van der Waals surface area (Å²) >= 11 is 1.52. The summed E-state index contributed by atoms with van der Waals surface area (Å²) in [4.78, 5) is 16.2. The molecule has 0 aliphatic heterocycles. The lowest BCUT2D eigenvalue weighted by molar-refractivity contribution is -0.117. The second-order valence-corrected chi connectivity index (χ2v) is 6.11. The van der Waals surface area contributed by atoms with Crippen molar-refractivity contribution in [3.8, 4) is 5.75 Å². The van der Waals surface area contributed by atoms with Crippen molar-refractivity contribution < 1.29 is 9.53 Å². The van der Waals surface area contributed by atoms with E-state index in [9.17, 15) is 4.79 Å². The van der Waals surface area contributed by atoms with Crippen molar-refractivity contribution in [1.29, 1.82) is 0 Å². The summed E-state index contributed by atoms with van der Waals surface area (Å²) in [6, 6.07) is 7.75. The SMILES string of the molecule is CC(C)COc1ccccc1CC(=O)Cc1nccs1. The molecule has 0 N–H and O–H groups in total. The van der Waals surface area contributed by atoms with Crippen LogP contribution in [-0.2, 0) is 17.6 Å². The minimum atomic E-state index is 0.167. The molecule has 2 rings (SSSR count). The molecule has 0 bridgehead atoms. The number of hydrogen-bond donors (Lipinski definition) is 0. The van der Waals surface area contributed by atoms with Crippen LogP contribution >= 0.6 is 11.3 Å². The van der Waals surface area contributed by atoms with Crippen molar-refractivity contribution in [2.24, 2.45) is 5.92 Å². The highest BCUT2D eigenvalue weighted by Gasteiger charge is 2.11. The summed E-state index contributed by atoms with van der Waals surface area (Å²) in [7, 11) is 0. The average molecular weight is 289 g/mol. The van der Waals surface area contributed by atoms with Crippen LogP contribution < -0.4 is 4.74 Å². The molecule has 0 atom stereocenters. The van der Waals surface area contributed by atoms with E-state index in [-0.39, 0.29) is 5.78 Å². The largest absolute Gasteiger partial charge is 0.493 e. The molecule has 0 unspecified atom stereocenters. The summed E-state index contributed by atoms with van der Waals surface area (Å²) in [5, 5.41) is 2.76. The molecule has 106 valence electrons. The van der Waals surface area contributed by atoms with Crippen LogP contribution in [0.3, 0.4) is 0 Å². The van der Waals surface area contributed by atoms with Crippen LogP contribution in [0.25, 0.3) is 0 Å². The molecule has 0 amide bonds. The van der Waals surface area contributed by atoms with E-state index in [1.807, 2.05) is 29.6 Å². The van der Waals surface area contributed by atoms with Gasteiger partial charge in [-0.1, -0.05) is 32.0 Å². The van der Waals surface area contributed by atoms with E-state index in [0.717, 1.165) is 16.3 Å². The van der Waals surface area contributed by atoms with Crippen LogP contribution in [0.1, 0.15) is 24.4 Å². The van der Waals surface area contributed by atoms with E-state index in [1.54, 1.807) is 6.20 Å². The van der Waals surface area contributed by atoms with Crippen molar-refractivity contribution in [3.05, 3.63) is 46.4 Å². The van der Waals surface area contributed by atoms with Gasteiger partial charge in [0.15, 0.2) is 0 Å². The smallest absolute Gasteiger partial charge is 0.144 e. The maximum Gasteiger partial charge on any atom is 0.144 e. The number of aromatic nitrogens is 1. The second-order valence-electron chi connectivity index (χ2n) is 5.13. The van der Waals surface area contributed by atoms with Crippen LogP contribution in [0.4, 0.5) is 0 Å². The molecule has 0 spiro atoms. The quantitative estimate of drug-likeness (QED) is 0.782. The van der Waals surface area contributed by atoms with E-state index >= 15 is 0 Å². The molecule has 0 aliphatic carbocycles. The fraction of sp³-hybridized carbons (Fsp3) is 0.375. The van der Waals surface area contributed by atoms with Crippen LogP contribution in [0.5, 0.6) is 5.75 Å². The number of ketones is 1. The number of benzene rings is 1. The van der Waals surface area contributed by atoms with E-state index in [2.05, 4.69) is 18.8 Å². The number of carbonyl (C=O) groups is 1. The molecule has 0 radical (unpaired) electrons. The Morgan fingerprint density at radius 2 is 2.10 bits per heavy atom. The number of rotatable bonds is 7. The minimum Gasteiger partial charge on any atom is -0.493 e. The Morgan fingerprint density at radius 1 is 1.30 bits per heavy atom. The molecule has 4 heteroatoms. The normalized spacial score (nSPS) is 10.8. The highest BCUT2D eigenvalue weighted by Crippen LogP contribution is 2.20. The Balaban J connectivity index is 1.99. The first-order valence-electron chi connectivity index (χ1n) is 6.76. The van der Waals surface area contributed by atoms with E-state index in [4.69, 9.17) is 4.74 Å². The molecule has 1 aromatic heterocycles. The summed E-state index contributed by atoms with van der Waals surface area (Å²) < 4.78 is 5.77. The monoisotopic (exact) mass is 289 g/mol. The van der Waals surface area contributed by atoms with Gasteiger partial charge in [0, 0.05) is 23.6 Å². The highest BCUT2D eigenvalue weighted by molar-refractivity contribution is 7.09. The Hall–Kier alpha value is -1.68. The zero-order valence-corrected chi connectivity index (χ0v) is 12.7. The summed E-state index contributed by atoms with van der Waals surface area (Å²) in [5.41, 5.74) is 0.953. The van der Waals surface area contributed by atoms with Crippen LogP contribution in [0, 0.1) is 5.92 Å². The number of ether oxygens (including phenoxy) is 1. The van der Waals surface area contributed by atoms with Gasteiger partial charge in [0.25, 0.3) is 0 Å². The Morgan fingerprint density at radius 3 is 2.80 bits per heavy atom. The maximum absolute atomic E-state index is 12.1. The molecule has 2 aromatic rings. The first kappa shape index (κ1) is 14.7. The van der Waals surface area contributed by atoms with Crippen molar-refractivity contribution in [2.45, 2.75) is 26.7 Å². The zero-order valence-electron chi connectivity index (χ0n) is 11.8. The summed E-state index contributed by atoms with van der Waals surface area (Å²) in [6.45, 7) is 4.88. The lowest BCUT2D eigenvalue weighted by Crippen LogP contribution is -2.10. The molecule has 0 saturated heterocycles. The number of para-hydroxylation sites is 1. The fourth-order valence-corrected chi connectivity index (χ4v) is 2.48. The fourth-order valence-electron chi connectivity index (χ4n) is 1.83. The van der Waals surface area contributed by atoms with Crippen LogP contribution in [-0.4, -0.2) is 17.4 Å².